The minimum absolute atomic E-state index is 0. The highest BCUT2D eigenvalue weighted by atomic mass is 35.5. The molecule has 0 saturated carbocycles. The van der Waals surface area contributed by atoms with Gasteiger partial charge in [0.05, 0.1) is 13.4 Å². The van der Waals surface area contributed by atoms with Crippen LogP contribution in [-0.2, 0) is 16.4 Å². The lowest BCUT2D eigenvalue weighted by atomic mass is 9.84. The Hall–Kier alpha value is -0.820. The Morgan fingerprint density at radius 2 is 2.04 bits per heavy atom. The van der Waals surface area contributed by atoms with Crippen LogP contribution in [0.2, 0.25) is 0 Å². The Morgan fingerprint density at radius 1 is 1.30 bits per heavy atom. The summed E-state index contributed by atoms with van der Waals surface area (Å²) in [4.78, 5) is 2.48. The third kappa shape index (κ3) is 3.50. The zero-order valence-electron chi connectivity index (χ0n) is 13.9. The van der Waals surface area contributed by atoms with E-state index in [2.05, 4.69) is 11.0 Å². The molecule has 0 spiro atoms. The van der Waals surface area contributed by atoms with E-state index < -0.39 is 10.0 Å². The van der Waals surface area contributed by atoms with E-state index in [9.17, 15) is 8.42 Å². The number of methoxy groups -OCH3 is 1. The molecule has 1 aromatic carbocycles. The van der Waals surface area contributed by atoms with Gasteiger partial charge in [0.2, 0.25) is 10.0 Å². The number of fused-ring (bicyclic) bond motifs is 3. The first-order valence-corrected chi connectivity index (χ1v) is 9.59. The van der Waals surface area contributed by atoms with Crippen LogP contribution in [0.5, 0.6) is 5.75 Å². The van der Waals surface area contributed by atoms with Crippen molar-refractivity contribution in [3.8, 4) is 5.75 Å². The number of hydrogen-bond donors (Lipinski definition) is 0. The van der Waals surface area contributed by atoms with Gasteiger partial charge >= 0.3 is 0 Å². The molecule has 0 amide bonds. The number of nitrogens with zero attached hydrogens (tertiary/aromatic N) is 2. The first-order valence-electron chi connectivity index (χ1n) is 7.74. The predicted molar refractivity (Wildman–Crippen MR) is 93.9 cm³/mol. The minimum Gasteiger partial charge on any atom is -0.496 e. The van der Waals surface area contributed by atoms with E-state index in [0.29, 0.717) is 6.04 Å². The Labute approximate surface area is 145 Å². The summed E-state index contributed by atoms with van der Waals surface area (Å²) in [5, 5.41) is 0. The monoisotopic (exact) mass is 360 g/mol. The standard InChI is InChI=1S/C16H24N2O3S.ClH/c1-17(22(3,19)20)12-7-9-18-10-8-14-13(15(18)11-12)5-4-6-16(14)21-2;/h4-6,12,15H,7-11H2,1-3H3;1H/t12-,15+;/m1./s1. The largest absolute Gasteiger partial charge is 0.496 e. The quantitative estimate of drug-likeness (QED) is 0.828. The first-order chi connectivity index (χ1) is 10.4. The molecule has 0 N–H and O–H groups in total. The van der Waals surface area contributed by atoms with Gasteiger partial charge in [0.1, 0.15) is 5.75 Å². The van der Waals surface area contributed by atoms with Gasteiger partial charge in [0, 0.05) is 37.8 Å². The number of benzene rings is 1. The average Bonchev–Trinajstić information content (AvgIpc) is 2.51. The van der Waals surface area contributed by atoms with Gasteiger partial charge in [-0.3, -0.25) is 4.90 Å². The predicted octanol–water partition coefficient (Wildman–Crippen LogP) is 2.07. The molecule has 0 unspecified atom stereocenters. The fraction of sp³-hybridized carbons (Fsp3) is 0.625. The summed E-state index contributed by atoms with van der Waals surface area (Å²) in [6.07, 6.45) is 4.04. The Balaban J connectivity index is 0.00000192. The third-order valence-electron chi connectivity index (χ3n) is 5.12. The summed E-state index contributed by atoms with van der Waals surface area (Å²) >= 11 is 0. The van der Waals surface area contributed by atoms with E-state index >= 15 is 0 Å². The van der Waals surface area contributed by atoms with Crippen LogP contribution in [0, 0.1) is 0 Å². The van der Waals surface area contributed by atoms with Crippen LogP contribution in [-0.4, -0.2) is 57.2 Å². The number of sulfonamides is 1. The molecule has 5 nitrogen and oxygen atoms in total. The summed E-state index contributed by atoms with van der Waals surface area (Å²) in [6.45, 7) is 1.97. The molecule has 1 fully saturated rings. The number of rotatable bonds is 3. The van der Waals surface area contributed by atoms with Crippen LogP contribution in [0.25, 0.3) is 0 Å². The Bertz CT molecular complexity index is 665. The molecule has 2 heterocycles. The van der Waals surface area contributed by atoms with Crippen molar-refractivity contribution in [1.82, 2.24) is 9.21 Å². The highest BCUT2D eigenvalue weighted by Crippen LogP contribution is 2.40. The molecule has 7 heteroatoms. The van der Waals surface area contributed by atoms with E-state index in [-0.39, 0.29) is 18.4 Å². The molecule has 0 bridgehead atoms. The van der Waals surface area contributed by atoms with Gasteiger partial charge in [0.15, 0.2) is 0 Å². The number of hydrogen-bond acceptors (Lipinski definition) is 4. The lowest BCUT2D eigenvalue weighted by Crippen LogP contribution is -2.48. The lowest BCUT2D eigenvalue weighted by Gasteiger charge is -2.45. The molecule has 130 valence electrons. The van der Waals surface area contributed by atoms with Gasteiger partial charge in [-0.15, -0.1) is 12.4 Å². The summed E-state index contributed by atoms with van der Waals surface area (Å²) in [6, 6.07) is 6.58. The second kappa shape index (κ2) is 6.97. The van der Waals surface area contributed by atoms with Crippen molar-refractivity contribution < 1.29 is 13.2 Å². The maximum Gasteiger partial charge on any atom is 0.211 e. The maximum atomic E-state index is 11.8. The summed E-state index contributed by atoms with van der Waals surface area (Å²) in [7, 11) is 0.270. The van der Waals surface area contributed by atoms with Crippen LogP contribution in [0.1, 0.15) is 30.0 Å². The molecule has 2 aliphatic rings. The third-order valence-corrected chi connectivity index (χ3v) is 6.46. The zero-order valence-corrected chi connectivity index (χ0v) is 15.5. The maximum absolute atomic E-state index is 11.8. The Morgan fingerprint density at radius 3 is 2.70 bits per heavy atom. The van der Waals surface area contributed by atoms with E-state index in [4.69, 9.17) is 4.74 Å². The van der Waals surface area contributed by atoms with Crippen molar-refractivity contribution in [2.45, 2.75) is 31.3 Å². The molecule has 0 aromatic heterocycles. The highest BCUT2D eigenvalue weighted by Gasteiger charge is 2.37. The lowest BCUT2D eigenvalue weighted by molar-refractivity contribution is 0.0964. The van der Waals surface area contributed by atoms with Crippen molar-refractivity contribution in [3.63, 3.8) is 0 Å². The summed E-state index contributed by atoms with van der Waals surface area (Å²) < 4.78 is 30.7. The van der Waals surface area contributed by atoms with Gasteiger partial charge in [-0.05, 0) is 30.9 Å². The molecular formula is C16H25ClN2O3S. The molecule has 0 radical (unpaired) electrons. The zero-order chi connectivity index (χ0) is 15.9. The van der Waals surface area contributed by atoms with E-state index in [1.54, 1.807) is 18.5 Å². The summed E-state index contributed by atoms with van der Waals surface area (Å²) in [5.41, 5.74) is 2.59. The van der Waals surface area contributed by atoms with Crippen LogP contribution in [0.15, 0.2) is 18.2 Å². The first kappa shape index (κ1) is 18.5. The number of piperidine rings is 1. The number of ether oxygens (including phenoxy) is 1. The molecule has 3 rings (SSSR count). The molecule has 1 saturated heterocycles. The smallest absolute Gasteiger partial charge is 0.211 e. The van der Waals surface area contributed by atoms with E-state index in [0.717, 1.165) is 38.1 Å². The van der Waals surface area contributed by atoms with Gasteiger partial charge in [-0.25, -0.2) is 12.7 Å². The Kier molecular flexibility index (Phi) is 5.61. The highest BCUT2D eigenvalue weighted by molar-refractivity contribution is 7.88. The van der Waals surface area contributed by atoms with Crippen LogP contribution in [0.4, 0.5) is 0 Å². The van der Waals surface area contributed by atoms with Crippen LogP contribution in [0.3, 0.4) is 0 Å². The molecule has 2 atom stereocenters. The van der Waals surface area contributed by atoms with Crippen molar-refractivity contribution in [2.75, 3.05) is 33.5 Å². The van der Waals surface area contributed by atoms with Crippen molar-refractivity contribution in [3.05, 3.63) is 29.3 Å². The van der Waals surface area contributed by atoms with E-state index in [1.165, 1.54) is 17.4 Å². The van der Waals surface area contributed by atoms with Crippen molar-refractivity contribution >= 4 is 22.4 Å². The second-order valence-corrected chi connectivity index (χ2v) is 8.33. The van der Waals surface area contributed by atoms with Crippen LogP contribution < -0.4 is 4.74 Å². The topological polar surface area (TPSA) is 49.9 Å². The number of halogens is 1. The van der Waals surface area contributed by atoms with Gasteiger partial charge in [-0.2, -0.15) is 0 Å². The van der Waals surface area contributed by atoms with Crippen molar-refractivity contribution in [2.24, 2.45) is 0 Å². The average molecular weight is 361 g/mol. The second-order valence-electron chi connectivity index (χ2n) is 6.29. The van der Waals surface area contributed by atoms with Gasteiger partial charge < -0.3 is 4.74 Å². The van der Waals surface area contributed by atoms with Crippen molar-refractivity contribution in [1.29, 1.82) is 0 Å². The van der Waals surface area contributed by atoms with Gasteiger partial charge in [-0.1, -0.05) is 12.1 Å². The SMILES string of the molecule is COc1cccc2c1CCN1CC[C@@H](N(C)S(C)(=O)=O)C[C@@H]21.Cl. The van der Waals surface area contributed by atoms with E-state index in [1.807, 2.05) is 12.1 Å². The molecule has 1 aromatic rings. The minimum atomic E-state index is -3.14. The normalized spacial score (nSPS) is 24.5. The van der Waals surface area contributed by atoms with Crippen LogP contribution >= 0.6 is 12.4 Å². The molecule has 23 heavy (non-hydrogen) atoms. The summed E-state index contributed by atoms with van der Waals surface area (Å²) in [5.74, 6) is 0.954. The fourth-order valence-corrected chi connectivity index (χ4v) is 4.53. The molecule has 0 aliphatic carbocycles. The van der Waals surface area contributed by atoms with Gasteiger partial charge in [0.25, 0.3) is 0 Å². The molecule has 2 aliphatic heterocycles. The fourth-order valence-electron chi connectivity index (χ4n) is 3.80. The molecular weight excluding hydrogens is 336 g/mol.